The van der Waals surface area contributed by atoms with E-state index in [0.29, 0.717) is 5.78 Å². The molecule has 0 bridgehead atoms. The van der Waals surface area contributed by atoms with Crippen LogP contribution in [0.4, 0.5) is 0 Å². The maximum absolute atomic E-state index is 12.1. The lowest BCUT2D eigenvalue weighted by molar-refractivity contribution is -0.938. The first kappa shape index (κ1) is 15.7. The van der Waals surface area contributed by atoms with Gasteiger partial charge in [-0.05, 0) is 12.0 Å². The van der Waals surface area contributed by atoms with Gasteiger partial charge in [-0.3, -0.25) is 9.69 Å². The molecule has 3 rings (SSSR count). The van der Waals surface area contributed by atoms with Crippen LogP contribution in [0, 0.1) is 11.8 Å². The number of benzene rings is 1. The van der Waals surface area contributed by atoms with Gasteiger partial charge in [-0.2, -0.15) is 0 Å². The Balaban J connectivity index is 1.51. The second kappa shape index (κ2) is 6.51. The number of hydrogen-bond acceptors (Lipinski definition) is 2. The molecule has 2 aliphatic heterocycles. The van der Waals surface area contributed by atoms with Crippen molar-refractivity contribution in [3.05, 3.63) is 35.9 Å². The van der Waals surface area contributed by atoms with Crippen LogP contribution < -0.4 is 0 Å². The lowest BCUT2D eigenvalue weighted by atomic mass is 9.87. The molecule has 1 aromatic rings. The summed E-state index contributed by atoms with van der Waals surface area (Å²) in [4.78, 5) is 14.7. The molecule has 2 heterocycles. The number of piperidine rings is 1. The van der Waals surface area contributed by atoms with Gasteiger partial charge in [0, 0.05) is 19.6 Å². The van der Waals surface area contributed by atoms with E-state index < -0.39 is 0 Å². The molecule has 120 valence electrons. The SMILES string of the molecule is CC1C[N+]2(CCN(CCc3ccccc3)CC2)CC(C)C1=O. The van der Waals surface area contributed by atoms with E-state index in [1.54, 1.807) is 0 Å². The average molecular weight is 301 g/mol. The Morgan fingerprint density at radius 2 is 1.64 bits per heavy atom. The maximum Gasteiger partial charge on any atom is 0.149 e. The molecule has 1 spiro atoms. The molecule has 2 saturated heterocycles. The molecular weight excluding hydrogens is 272 g/mol. The number of piperazine rings is 1. The second-order valence-electron chi connectivity index (χ2n) is 7.44. The van der Waals surface area contributed by atoms with Crippen LogP contribution in [0.2, 0.25) is 0 Å². The summed E-state index contributed by atoms with van der Waals surface area (Å²) >= 11 is 0. The minimum Gasteiger partial charge on any atom is -0.320 e. The van der Waals surface area contributed by atoms with E-state index in [0.717, 1.165) is 26.1 Å². The van der Waals surface area contributed by atoms with Crippen molar-refractivity contribution in [3.63, 3.8) is 0 Å². The van der Waals surface area contributed by atoms with Gasteiger partial charge in [-0.1, -0.05) is 44.2 Å². The summed E-state index contributed by atoms with van der Waals surface area (Å²) in [6, 6.07) is 10.8. The number of quaternary nitrogens is 1. The fourth-order valence-electron chi connectivity index (χ4n) is 4.35. The Morgan fingerprint density at radius 1 is 1.05 bits per heavy atom. The van der Waals surface area contributed by atoms with Crippen LogP contribution in [-0.4, -0.2) is 61.0 Å². The molecule has 0 saturated carbocycles. The van der Waals surface area contributed by atoms with Crippen LogP contribution in [-0.2, 0) is 11.2 Å². The molecule has 1 aromatic carbocycles. The first-order valence-electron chi connectivity index (χ1n) is 8.73. The van der Waals surface area contributed by atoms with Gasteiger partial charge >= 0.3 is 0 Å². The standard InChI is InChI=1S/C19H29N2O/c1-16-14-21(15-17(2)19(16)22)12-10-20(11-13-21)9-8-18-6-4-3-5-7-18/h3-7,16-17H,8-15H2,1-2H3/q+1. The van der Waals surface area contributed by atoms with Crippen molar-refractivity contribution in [1.29, 1.82) is 0 Å². The van der Waals surface area contributed by atoms with Gasteiger partial charge in [0.2, 0.25) is 0 Å². The molecule has 2 aliphatic rings. The van der Waals surface area contributed by atoms with Crippen LogP contribution in [0.25, 0.3) is 0 Å². The monoisotopic (exact) mass is 301 g/mol. The lowest BCUT2D eigenvalue weighted by Crippen LogP contribution is -2.66. The topological polar surface area (TPSA) is 20.3 Å². The van der Waals surface area contributed by atoms with Gasteiger partial charge in [0.25, 0.3) is 0 Å². The fraction of sp³-hybridized carbons (Fsp3) is 0.632. The van der Waals surface area contributed by atoms with Gasteiger partial charge in [-0.15, -0.1) is 0 Å². The van der Waals surface area contributed by atoms with E-state index in [2.05, 4.69) is 49.1 Å². The fourth-order valence-corrected chi connectivity index (χ4v) is 4.35. The van der Waals surface area contributed by atoms with Crippen molar-refractivity contribution in [2.45, 2.75) is 20.3 Å². The number of ketones is 1. The predicted octanol–water partition coefficient (Wildman–Crippen LogP) is 2.22. The van der Waals surface area contributed by atoms with Gasteiger partial charge in [0.15, 0.2) is 0 Å². The van der Waals surface area contributed by atoms with Crippen LogP contribution in [0.1, 0.15) is 19.4 Å². The van der Waals surface area contributed by atoms with Gasteiger partial charge in [0.1, 0.15) is 5.78 Å². The van der Waals surface area contributed by atoms with Crippen LogP contribution in [0.3, 0.4) is 0 Å². The third-order valence-corrected chi connectivity index (χ3v) is 5.63. The highest BCUT2D eigenvalue weighted by molar-refractivity contribution is 5.83. The molecular formula is C19H29N2O+. The number of Topliss-reactive ketones (excluding diaryl/α,β-unsaturated/α-hetero) is 1. The highest BCUT2D eigenvalue weighted by atomic mass is 16.1. The molecule has 0 amide bonds. The van der Waals surface area contributed by atoms with Crippen molar-refractivity contribution >= 4 is 5.78 Å². The van der Waals surface area contributed by atoms with E-state index in [1.165, 1.54) is 36.2 Å². The van der Waals surface area contributed by atoms with Crippen LogP contribution in [0.5, 0.6) is 0 Å². The summed E-state index contributed by atoms with van der Waals surface area (Å²) in [5.41, 5.74) is 1.43. The zero-order chi connectivity index (χ0) is 15.6. The number of carbonyl (C=O) groups excluding carboxylic acids is 1. The Labute approximate surface area is 134 Å². The predicted molar refractivity (Wildman–Crippen MR) is 89.6 cm³/mol. The second-order valence-corrected chi connectivity index (χ2v) is 7.44. The summed E-state index contributed by atoms with van der Waals surface area (Å²) in [5.74, 6) is 0.981. The molecule has 3 nitrogen and oxygen atoms in total. The molecule has 2 atom stereocenters. The molecule has 0 N–H and O–H groups in total. The summed E-state index contributed by atoms with van der Waals surface area (Å²) in [6.45, 7) is 12.3. The van der Waals surface area contributed by atoms with E-state index in [9.17, 15) is 4.79 Å². The van der Waals surface area contributed by atoms with Crippen LogP contribution >= 0.6 is 0 Å². The van der Waals surface area contributed by atoms with Crippen LogP contribution in [0.15, 0.2) is 30.3 Å². The molecule has 0 aromatic heterocycles. The quantitative estimate of drug-likeness (QED) is 0.798. The van der Waals surface area contributed by atoms with Gasteiger partial charge in [0.05, 0.1) is 38.0 Å². The first-order chi connectivity index (χ1) is 10.6. The van der Waals surface area contributed by atoms with E-state index in [4.69, 9.17) is 0 Å². The molecule has 22 heavy (non-hydrogen) atoms. The summed E-state index contributed by atoms with van der Waals surface area (Å²) in [6.07, 6.45) is 1.14. The third kappa shape index (κ3) is 3.41. The van der Waals surface area contributed by atoms with Crippen molar-refractivity contribution in [2.24, 2.45) is 11.8 Å². The molecule has 0 radical (unpaired) electrons. The Hall–Kier alpha value is -1.19. The lowest BCUT2D eigenvalue weighted by Gasteiger charge is -2.49. The smallest absolute Gasteiger partial charge is 0.149 e. The minimum absolute atomic E-state index is 0.250. The normalized spacial score (nSPS) is 28.9. The first-order valence-corrected chi connectivity index (χ1v) is 8.73. The highest BCUT2D eigenvalue weighted by Crippen LogP contribution is 2.26. The molecule has 3 heteroatoms. The van der Waals surface area contributed by atoms with E-state index >= 15 is 0 Å². The summed E-state index contributed by atoms with van der Waals surface area (Å²) in [7, 11) is 0. The van der Waals surface area contributed by atoms with Gasteiger partial charge in [-0.25, -0.2) is 0 Å². The van der Waals surface area contributed by atoms with Crippen molar-refractivity contribution in [3.8, 4) is 0 Å². The largest absolute Gasteiger partial charge is 0.320 e. The summed E-state index contributed by atoms with van der Waals surface area (Å²) in [5, 5.41) is 0. The maximum atomic E-state index is 12.1. The van der Waals surface area contributed by atoms with Gasteiger partial charge < -0.3 is 4.48 Å². The Bertz CT molecular complexity index is 489. The third-order valence-electron chi connectivity index (χ3n) is 5.63. The Morgan fingerprint density at radius 3 is 2.23 bits per heavy atom. The Kier molecular flexibility index (Phi) is 4.65. The number of nitrogens with zero attached hydrogens (tertiary/aromatic N) is 2. The number of hydrogen-bond donors (Lipinski definition) is 0. The zero-order valence-electron chi connectivity index (χ0n) is 14.0. The van der Waals surface area contributed by atoms with Crippen molar-refractivity contribution < 1.29 is 9.28 Å². The molecule has 2 fully saturated rings. The van der Waals surface area contributed by atoms with Crippen molar-refractivity contribution in [1.82, 2.24) is 4.90 Å². The molecule has 2 unspecified atom stereocenters. The average Bonchev–Trinajstić information content (AvgIpc) is 2.53. The molecule has 0 aliphatic carbocycles. The highest BCUT2D eigenvalue weighted by Gasteiger charge is 2.43. The minimum atomic E-state index is 0.250. The number of rotatable bonds is 3. The van der Waals surface area contributed by atoms with E-state index in [1.807, 2.05) is 0 Å². The zero-order valence-corrected chi connectivity index (χ0v) is 14.0. The van der Waals surface area contributed by atoms with E-state index in [-0.39, 0.29) is 11.8 Å². The summed E-state index contributed by atoms with van der Waals surface area (Å²) < 4.78 is 1.18. The number of carbonyl (C=O) groups is 1. The van der Waals surface area contributed by atoms with Crippen molar-refractivity contribution in [2.75, 3.05) is 45.8 Å².